The van der Waals surface area contributed by atoms with E-state index < -0.39 is 0 Å². The molecule has 3 amide bonds. The van der Waals surface area contributed by atoms with E-state index in [2.05, 4.69) is 25.8 Å². The maximum atomic E-state index is 12.3. The van der Waals surface area contributed by atoms with Crippen molar-refractivity contribution in [3.8, 4) is 0 Å². The summed E-state index contributed by atoms with van der Waals surface area (Å²) >= 11 is 7.44. The standard InChI is InChI=1S/C20H24ClN5O2S/c21-13-4-3-7-15(10-13)22-18(27)12-26-9-8-16-17(11-26)29-20(24-16)25-19(28)23-14-5-1-2-6-14/h3-4,7,10,14H,1-2,5-6,8-9,11-12H2,(H,22,27)(H2,23,24,25,28). The molecule has 7 nitrogen and oxygen atoms in total. The number of carbonyl (C=O) groups excluding carboxylic acids is 2. The summed E-state index contributed by atoms with van der Waals surface area (Å²) in [5.74, 6) is -0.0745. The van der Waals surface area contributed by atoms with Gasteiger partial charge >= 0.3 is 6.03 Å². The van der Waals surface area contributed by atoms with E-state index in [0.29, 0.717) is 28.9 Å². The molecule has 4 rings (SSSR count). The van der Waals surface area contributed by atoms with Crippen LogP contribution in [-0.2, 0) is 17.8 Å². The van der Waals surface area contributed by atoms with Crippen LogP contribution in [0.15, 0.2) is 24.3 Å². The molecule has 1 aliphatic carbocycles. The third-order valence-corrected chi connectivity index (χ3v) is 6.43. The Hall–Kier alpha value is -2.16. The molecule has 1 fully saturated rings. The summed E-state index contributed by atoms with van der Waals surface area (Å²) in [6.07, 6.45) is 5.22. The fraction of sp³-hybridized carbons (Fsp3) is 0.450. The lowest BCUT2D eigenvalue weighted by Crippen LogP contribution is -2.36. The summed E-state index contributed by atoms with van der Waals surface area (Å²) in [5.41, 5.74) is 1.70. The van der Waals surface area contributed by atoms with Crippen molar-refractivity contribution in [1.29, 1.82) is 0 Å². The topological polar surface area (TPSA) is 86.4 Å². The Bertz CT molecular complexity index is 897. The number of aromatic nitrogens is 1. The first-order chi connectivity index (χ1) is 14.0. The third kappa shape index (κ3) is 5.46. The number of urea groups is 1. The molecular formula is C20H24ClN5O2S. The van der Waals surface area contributed by atoms with Crippen LogP contribution in [0, 0.1) is 0 Å². The summed E-state index contributed by atoms with van der Waals surface area (Å²) < 4.78 is 0. The molecule has 2 aromatic rings. The fourth-order valence-corrected chi connectivity index (χ4v) is 5.03. The Morgan fingerprint density at radius 3 is 2.86 bits per heavy atom. The van der Waals surface area contributed by atoms with E-state index in [1.807, 2.05) is 6.07 Å². The van der Waals surface area contributed by atoms with Crippen LogP contribution in [0.5, 0.6) is 0 Å². The van der Waals surface area contributed by atoms with Gasteiger partial charge in [0.2, 0.25) is 5.91 Å². The lowest BCUT2D eigenvalue weighted by molar-refractivity contribution is -0.117. The summed E-state index contributed by atoms with van der Waals surface area (Å²) in [6, 6.07) is 7.22. The predicted molar refractivity (Wildman–Crippen MR) is 116 cm³/mol. The molecule has 1 aliphatic heterocycles. The average Bonchev–Trinajstić information content (AvgIpc) is 3.30. The number of fused-ring (bicyclic) bond motifs is 1. The molecule has 2 heterocycles. The van der Waals surface area contributed by atoms with Crippen LogP contribution in [-0.4, -0.2) is 41.0 Å². The maximum Gasteiger partial charge on any atom is 0.321 e. The van der Waals surface area contributed by atoms with Gasteiger partial charge in [-0.25, -0.2) is 9.78 Å². The van der Waals surface area contributed by atoms with E-state index in [1.165, 1.54) is 24.2 Å². The Morgan fingerprint density at radius 2 is 2.07 bits per heavy atom. The van der Waals surface area contributed by atoms with Gasteiger partial charge in [0.15, 0.2) is 5.13 Å². The molecule has 0 saturated heterocycles. The van der Waals surface area contributed by atoms with Crippen LogP contribution in [0.2, 0.25) is 5.02 Å². The van der Waals surface area contributed by atoms with Gasteiger partial charge in [-0.1, -0.05) is 30.5 Å². The Labute approximate surface area is 178 Å². The van der Waals surface area contributed by atoms with Gasteiger partial charge in [0.05, 0.1) is 12.2 Å². The van der Waals surface area contributed by atoms with Crippen LogP contribution in [0.1, 0.15) is 36.3 Å². The van der Waals surface area contributed by atoms with Crippen LogP contribution in [0.3, 0.4) is 0 Å². The molecular weight excluding hydrogens is 410 g/mol. The first kappa shape index (κ1) is 20.1. The van der Waals surface area contributed by atoms with Gasteiger partial charge in [0, 0.05) is 41.1 Å². The number of amides is 3. The SMILES string of the molecule is O=C(CN1CCc2nc(NC(=O)NC3CCCC3)sc2C1)Nc1cccc(Cl)c1. The lowest BCUT2D eigenvalue weighted by Gasteiger charge is -2.25. The van der Waals surface area contributed by atoms with Crippen molar-refractivity contribution in [2.45, 2.75) is 44.7 Å². The highest BCUT2D eigenvalue weighted by Gasteiger charge is 2.23. The molecule has 29 heavy (non-hydrogen) atoms. The highest BCUT2D eigenvalue weighted by Crippen LogP contribution is 2.28. The number of rotatable bonds is 5. The molecule has 1 aromatic carbocycles. The number of hydrogen-bond acceptors (Lipinski definition) is 5. The highest BCUT2D eigenvalue weighted by atomic mass is 35.5. The number of carbonyl (C=O) groups is 2. The number of halogens is 1. The summed E-state index contributed by atoms with van der Waals surface area (Å²) in [6.45, 7) is 1.71. The zero-order chi connectivity index (χ0) is 20.2. The number of benzene rings is 1. The summed E-state index contributed by atoms with van der Waals surface area (Å²) in [7, 11) is 0. The first-order valence-electron chi connectivity index (χ1n) is 9.89. The van der Waals surface area contributed by atoms with Crippen molar-refractivity contribution in [2.75, 3.05) is 23.7 Å². The molecule has 154 valence electrons. The van der Waals surface area contributed by atoms with Crippen LogP contribution >= 0.6 is 22.9 Å². The minimum absolute atomic E-state index is 0.0745. The smallest absolute Gasteiger partial charge is 0.321 e. The second kappa shape index (κ2) is 9.11. The van der Waals surface area contributed by atoms with Crippen molar-refractivity contribution >= 4 is 45.7 Å². The number of anilines is 2. The zero-order valence-electron chi connectivity index (χ0n) is 16.0. The Morgan fingerprint density at radius 1 is 1.24 bits per heavy atom. The molecule has 0 spiro atoms. The summed E-state index contributed by atoms with van der Waals surface area (Å²) in [5, 5.41) is 9.97. The first-order valence-corrected chi connectivity index (χ1v) is 11.1. The van der Waals surface area contributed by atoms with Crippen molar-refractivity contribution in [2.24, 2.45) is 0 Å². The molecule has 9 heteroatoms. The Kier molecular flexibility index (Phi) is 6.32. The van der Waals surface area contributed by atoms with Crippen LogP contribution < -0.4 is 16.0 Å². The van der Waals surface area contributed by atoms with Crippen LogP contribution in [0.4, 0.5) is 15.6 Å². The number of thiazole rings is 1. The van der Waals surface area contributed by atoms with Gasteiger partial charge in [-0.2, -0.15) is 0 Å². The van der Waals surface area contributed by atoms with Gasteiger partial charge in [-0.15, -0.1) is 11.3 Å². The molecule has 0 radical (unpaired) electrons. The molecule has 0 atom stereocenters. The lowest BCUT2D eigenvalue weighted by atomic mass is 10.2. The largest absolute Gasteiger partial charge is 0.335 e. The number of nitrogens with zero attached hydrogens (tertiary/aromatic N) is 2. The van der Waals surface area contributed by atoms with Crippen molar-refractivity contribution < 1.29 is 9.59 Å². The van der Waals surface area contributed by atoms with Gasteiger partial charge in [-0.05, 0) is 31.0 Å². The average molecular weight is 434 g/mol. The normalized spacial score (nSPS) is 17.0. The van der Waals surface area contributed by atoms with E-state index in [9.17, 15) is 9.59 Å². The molecule has 3 N–H and O–H groups in total. The molecule has 0 unspecified atom stereocenters. The third-order valence-electron chi connectivity index (χ3n) is 5.20. The predicted octanol–water partition coefficient (Wildman–Crippen LogP) is 3.86. The molecule has 2 aliphatic rings. The van der Waals surface area contributed by atoms with E-state index in [4.69, 9.17) is 11.6 Å². The highest BCUT2D eigenvalue weighted by molar-refractivity contribution is 7.15. The molecule has 1 aromatic heterocycles. The van der Waals surface area contributed by atoms with Gasteiger partial charge in [-0.3, -0.25) is 15.0 Å². The second-order valence-corrected chi connectivity index (χ2v) is 9.01. The maximum absolute atomic E-state index is 12.3. The van der Waals surface area contributed by atoms with Crippen molar-refractivity contribution in [3.05, 3.63) is 39.9 Å². The monoisotopic (exact) mass is 433 g/mol. The number of nitrogens with one attached hydrogen (secondary N) is 3. The van der Waals surface area contributed by atoms with E-state index in [0.717, 1.165) is 36.4 Å². The minimum Gasteiger partial charge on any atom is -0.335 e. The zero-order valence-corrected chi connectivity index (χ0v) is 17.6. The quantitative estimate of drug-likeness (QED) is 0.668. The fourth-order valence-electron chi connectivity index (χ4n) is 3.80. The molecule has 0 bridgehead atoms. The van der Waals surface area contributed by atoms with E-state index >= 15 is 0 Å². The van der Waals surface area contributed by atoms with Gasteiger partial charge in [0.1, 0.15) is 0 Å². The van der Waals surface area contributed by atoms with Crippen molar-refractivity contribution in [3.63, 3.8) is 0 Å². The molecule has 1 saturated carbocycles. The van der Waals surface area contributed by atoms with E-state index in [1.54, 1.807) is 18.2 Å². The minimum atomic E-state index is -0.180. The van der Waals surface area contributed by atoms with Crippen molar-refractivity contribution in [1.82, 2.24) is 15.2 Å². The van der Waals surface area contributed by atoms with Gasteiger partial charge in [0.25, 0.3) is 0 Å². The summed E-state index contributed by atoms with van der Waals surface area (Å²) in [4.78, 5) is 32.3. The Balaban J connectivity index is 1.29. The number of hydrogen-bond donors (Lipinski definition) is 3. The van der Waals surface area contributed by atoms with Crippen LogP contribution in [0.25, 0.3) is 0 Å². The van der Waals surface area contributed by atoms with E-state index in [-0.39, 0.29) is 18.0 Å². The van der Waals surface area contributed by atoms with Gasteiger partial charge < -0.3 is 10.6 Å². The second-order valence-electron chi connectivity index (χ2n) is 7.49.